The summed E-state index contributed by atoms with van der Waals surface area (Å²) < 4.78 is 71.2. The lowest BCUT2D eigenvalue weighted by molar-refractivity contribution is -0.193. The van der Waals surface area contributed by atoms with Gasteiger partial charge in [-0.25, -0.2) is 14.6 Å². The molecular formula is C26H28F6N4O5. The first-order valence-electron chi connectivity index (χ1n) is 12.3. The van der Waals surface area contributed by atoms with Crippen LogP contribution in [0.5, 0.6) is 0 Å². The Morgan fingerprint density at radius 1 is 0.927 bits per heavy atom. The molecule has 1 saturated heterocycles. The average molecular weight is 591 g/mol. The number of halogens is 6. The number of carboxylic acids is 2. The Morgan fingerprint density at radius 3 is 1.98 bits per heavy atom. The second-order valence-corrected chi connectivity index (χ2v) is 9.45. The number of aromatic nitrogens is 2. The quantitative estimate of drug-likeness (QED) is 0.417. The molecule has 2 N–H and O–H groups in total. The molecule has 0 atom stereocenters. The molecule has 3 aromatic rings. The van der Waals surface area contributed by atoms with Gasteiger partial charge in [0.1, 0.15) is 5.82 Å². The van der Waals surface area contributed by atoms with Crippen LogP contribution in [0.15, 0.2) is 59.5 Å². The predicted molar refractivity (Wildman–Crippen MR) is 133 cm³/mol. The van der Waals surface area contributed by atoms with Crippen LogP contribution in [0.3, 0.4) is 0 Å². The number of alkyl halides is 6. The van der Waals surface area contributed by atoms with Crippen LogP contribution in [0, 0.1) is 0 Å². The number of imidazole rings is 1. The van der Waals surface area contributed by atoms with Crippen molar-refractivity contribution in [2.75, 3.05) is 26.7 Å². The number of fused-ring (bicyclic) bond motifs is 2. The standard InChI is InChI=1S/C22H26N4O.2C2HF3O2/c1-24-12-13-26-20(19-5-3-2-4-6-19)15-23-21(26)22(24)8-10-25(11-9-22)16-18-7-14-27-17-18;2*3-2(4,5)1(6)7/h2-7,14-15,17H,8-13,16H2,1H3;2*(H,6,7). The molecule has 41 heavy (non-hydrogen) atoms. The maximum absolute atomic E-state index is 10.6. The van der Waals surface area contributed by atoms with Crippen LogP contribution in [0.2, 0.25) is 0 Å². The summed E-state index contributed by atoms with van der Waals surface area (Å²) in [6.45, 7) is 5.23. The Labute approximate surface area is 230 Å². The van der Waals surface area contributed by atoms with Gasteiger partial charge in [0.2, 0.25) is 0 Å². The fourth-order valence-corrected chi connectivity index (χ4v) is 4.77. The summed E-state index contributed by atoms with van der Waals surface area (Å²) in [7, 11) is 2.27. The van der Waals surface area contributed by atoms with Gasteiger partial charge in [0.15, 0.2) is 0 Å². The number of likely N-dealkylation sites (N-methyl/N-ethyl adjacent to an activating group) is 1. The van der Waals surface area contributed by atoms with E-state index in [1.165, 1.54) is 22.6 Å². The first-order chi connectivity index (χ1) is 19.1. The molecule has 0 saturated carbocycles. The highest BCUT2D eigenvalue weighted by atomic mass is 19.4. The molecule has 0 radical (unpaired) electrons. The van der Waals surface area contributed by atoms with Crippen LogP contribution in [0.25, 0.3) is 11.3 Å². The molecule has 1 fully saturated rings. The third kappa shape index (κ3) is 7.88. The summed E-state index contributed by atoms with van der Waals surface area (Å²) >= 11 is 0. The minimum absolute atomic E-state index is 0.0537. The van der Waals surface area contributed by atoms with Crippen molar-refractivity contribution in [1.82, 2.24) is 19.4 Å². The molecule has 0 aliphatic carbocycles. The molecule has 0 amide bonds. The number of rotatable bonds is 3. The third-order valence-corrected chi connectivity index (χ3v) is 6.89. The Hall–Kier alpha value is -3.85. The van der Waals surface area contributed by atoms with E-state index in [1.807, 2.05) is 6.26 Å². The second kappa shape index (κ2) is 12.8. The number of likely N-dealkylation sites (tertiary alicyclic amines) is 1. The maximum atomic E-state index is 10.6. The molecule has 15 heteroatoms. The highest BCUT2D eigenvalue weighted by Crippen LogP contribution is 2.41. The normalized spacial score (nSPS) is 17.0. The third-order valence-electron chi connectivity index (χ3n) is 6.89. The van der Waals surface area contributed by atoms with Crippen molar-refractivity contribution in [2.45, 2.75) is 43.8 Å². The minimum Gasteiger partial charge on any atom is -0.475 e. The summed E-state index contributed by atoms with van der Waals surface area (Å²) in [5.74, 6) is -4.27. The predicted octanol–water partition coefficient (Wildman–Crippen LogP) is 4.85. The van der Waals surface area contributed by atoms with E-state index < -0.39 is 24.3 Å². The average Bonchev–Trinajstić information content (AvgIpc) is 3.58. The van der Waals surface area contributed by atoms with Crippen molar-refractivity contribution in [3.8, 4) is 11.3 Å². The van der Waals surface area contributed by atoms with Crippen molar-refractivity contribution in [1.29, 1.82) is 0 Å². The van der Waals surface area contributed by atoms with Crippen molar-refractivity contribution >= 4 is 11.9 Å². The van der Waals surface area contributed by atoms with Crippen LogP contribution >= 0.6 is 0 Å². The number of hydrogen-bond donors (Lipinski definition) is 2. The number of benzene rings is 1. The molecule has 2 aromatic heterocycles. The van der Waals surface area contributed by atoms with E-state index in [1.54, 1.807) is 6.26 Å². The van der Waals surface area contributed by atoms with Crippen molar-refractivity contribution in [3.63, 3.8) is 0 Å². The van der Waals surface area contributed by atoms with Crippen LogP contribution < -0.4 is 0 Å². The minimum atomic E-state index is -5.08. The molecule has 9 nitrogen and oxygen atoms in total. The zero-order chi connectivity index (χ0) is 30.4. The first-order valence-corrected chi connectivity index (χ1v) is 12.3. The topological polar surface area (TPSA) is 112 Å². The number of furan rings is 1. The number of piperidine rings is 1. The fraction of sp³-hybridized carbons (Fsp3) is 0.423. The summed E-state index contributed by atoms with van der Waals surface area (Å²) in [5.41, 5.74) is 3.82. The number of nitrogens with zero attached hydrogens (tertiary/aromatic N) is 4. The second-order valence-electron chi connectivity index (χ2n) is 9.45. The highest BCUT2D eigenvalue weighted by Gasteiger charge is 2.45. The summed E-state index contributed by atoms with van der Waals surface area (Å²) in [4.78, 5) is 27.8. The molecule has 4 heterocycles. The van der Waals surface area contributed by atoms with E-state index in [-0.39, 0.29) is 5.54 Å². The Kier molecular flexibility index (Phi) is 9.86. The summed E-state index contributed by atoms with van der Waals surface area (Å²) in [6, 6.07) is 12.7. The Morgan fingerprint density at radius 2 is 1.49 bits per heavy atom. The molecule has 224 valence electrons. The highest BCUT2D eigenvalue weighted by molar-refractivity contribution is 5.73. The molecule has 0 unspecified atom stereocenters. The number of carbonyl (C=O) groups is 2. The van der Waals surface area contributed by atoms with Gasteiger partial charge < -0.3 is 19.2 Å². The van der Waals surface area contributed by atoms with E-state index in [0.717, 1.165) is 45.6 Å². The van der Waals surface area contributed by atoms with Gasteiger partial charge in [-0.15, -0.1) is 0 Å². The van der Waals surface area contributed by atoms with Gasteiger partial charge >= 0.3 is 24.3 Å². The van der Waals surface area contributed by atoms with Crippen LogP contribution in [-0.2, 0) is 28.2 Å². The van der Waals surface area contributed by atoms with Crippen molar-refractivity contribution in [3.05, 3.63) is 66.5 Å². The monoisotopic (exact) mass is 590 g/mol. The van der Waals surface area contributed by atoms with E-state index in [9.17, 15) is 26.3 Å². The van der Waals surface area contributed by atoms with Gasteiger partial charge in [-0.1, -0.05) is 30.3 Å². The van der Waals surface area contributed by atoms with Gasteiger partial charge in [-0.05, 0) is 31.5 Å². The largest absolute Gasteiger partial charge is 0.490 e. The van der Waals surface area contributed by atoms with E-state index in [4.69, 9.17) is 29.2 Å². The van der Waals surface area contributed by atoms with Gasteiger partial charge in [0.05, 0.1) is 30.0 Å². The van der Waals surface area contributed by atoms with Crippen LogP contribution in [0.4, 0.5) is 26.3 Å². The lowest BCUT2D eigenvalue weighted by Gasteiger charge is -2.49. The van der Waals surface area contributed by atoms with Crippen molar-refractivity contribution < 1.29 is 50.6 Å². The number of carboxylic acid groups (broad SMARTS) is 2. The molecular weight excluding hydrogens is 562 g/mol. The number of hydrogen-bond acceptors (Lipinski definition) is 6. The molecule has 2 aliphatic rings. The Bertz CT molecular complexity index is 1260. The van der Waals surface area contributed by atoms with E-state index >= 15 is 0 Å². The first kappa shape index (κ1) is 31.7. The van der Waals surface area contributed by atoms with Crippen LogP contribution in [0.1, 0.15) is 24.2 Å². The van der Waals surface area contributed by atoms with E-state index in [2.05, 4.69) is 64.0 Å². The molecule has 1 spiro atoms. The molecule has 2 aliphatic heterocycles. The number of aliphatic carboxylic acids is 2. The molecule has 0 bridgehead atoms. The maximum Gasteiger partial charge on any atom is 0.490 e. The van der Waals surface area contributed by atoms with Crippen molar-refractivity contribution in [2.24, 2.45) is 0 Å². The summed E-state index contributed by atoms with van der Waals surface area (Å²) in [6.07, 6.45) is -2.24. The van der Waals surface area contributed by atoms with Gasteiger partial charge in [0, 0.05) is 38.3 Å². The fourth-order valence-electron chi connectivity index (χ4n) is 4.77. The van der Waals surface area contributed by atoms with Gasteiger partial charge in [0.25, 0.3) is 0 Å². The van der Waals surface area contributed by atoms with E-state index in [0.29, 0.717) is 0 Å². The lowest BCUT2D eigenvalue weighted by atomic mass is 9.83. The molecule has 1 aromatic carbocycles. The van der Waals surface area contributed by atoms with Crippen LogP contribution in [-0.4, -0.2) is 80.5 Å². The van der Waals surface area contributed by atoms with Gasteiger partial charge in [-0.3, -0.25) is 9.80 Å². The lowest BCUT2D eigenvalue weighted by Crippen LogP contribution is -2.56. The Balaban J connectivity index is 0.000000276. The zero-order valence-corrected chi connectivity index (χ0v) is 21.8. The smallest absolute Gasteiger partial charge is 0.475 e. The zero-order valence-electron chi connectivity index (χ0n) is 21.8. The molecule has 5 rings (SSSR count). The SMILES string of the molecule is CN1CCn2c(-c3ccccc3)cnc2C12CCN(Cc1ccoc1)CC2.O=C(O)C(F)(F)F.O=C(O)C(F)(F)F. The van der Waals surface area contributed by atoms with Gasteiger partial charge in [-0.2, -0.15) is 26.3 Å². The summed E-state index contributed by atoms with van der Waals surface area (Å²) in [5, 5.41) is 14.2.